The van der Waals surface area contributed by atoms with Crippen LogP contribution in [-0.2, 0) is 0 Å². The summed E-state index contributed by atoms with van der Waals surface area (Å²) in [6.45, 7) is 6.31. The van der Waals surface area contributed by atoms with Gasteiger partial charge in [0.1, 0.15) is 0 Å². The molecule has 1 atom stereocenters. The van der Waals surface area contributed by atoms with E-state index in [-0.39, 0.29) is 0 Å². The van der Waals surface area contributed by atoms with E-state index in [4.69, 9.17) is 0 Å². The molecule has 21 heavy (non-hydrogen) atoms. The molecule has 3 nitrogen and oxygen atoms in total. The van der Waals surface area contributed by atoms with Crippen LogP contribution >= 0.6 is 0 Å². The first-order chi connectivity index (χ1) is 10.4. The molecule has 5 rings (SSSR count). The van der Waals surface area contributed by atoms with Crippen LogP contribution in [0, 0.1) is 5.92 Å². The first-order valence-electron chi connectivity index (χ1n) is 8.73. The summed E-state index contributed by atoms with van der Waals surface area (Å²) in [6, 6.07) is 9.60. The molecule has 4 heterocycles. The molecule has 4 fully saturated rings. The normalized spacial score (nSPS) is 32.2. The van der Waals surface area contributed by atoms with E-state index in [9.17, 15) is 0 Å². The van der Waals surface area contributed by atoms with Gasteiger partial charge in [0.25, 0.3) is 0 Å². The zero-order valence-corrected chi connectivity index (χ0v) is 12.9. The summed E-state index contributed by atoms with van der Waals surface area (Å²) in [7, 11) is 0. The van der Waals surface area contributed by atoms with Crippen LogP contribution in [0.25, 0.3) is 0 Å². The largest absolute Gasteiger partial charge is 0.379 e. The van der Waals surface area contributed by atoms with E-state index in [0.29, 0.717) is 6.04 Å². The molecule has 4 aliphatic rings. The van der Waals surface area contributed by atoms with Crippen molar-refractivity contribution < 1.29 is 0 Å². The van der Waals surface area contributed by atoms with Gasteiger partial charge in [-0.3, -0.25) is 0 Å². The predicted octanol–water partition coefficient (Wildman–Crippen LogP) is 3.18. The second kappa shape index (κ2) is 5.88. The van der Waals surface area contributed by atoms with Crippen LogP contribution in [0.5, 0.6) is 0 Å². The van der Waals surface area contributed by atoms with Crippen LogP contribution in [0.2, 0.25) is 0 Å². The van der Waals surface area contributed by atoms with Crippen molar-refractivity contribution >= 4 is 11.4 Å². The van der Waals surface area contributed by atoms with E-state index in [0.717, 1.165) is 5.92 Å². The number of rotatable bonds is 3. The summed E-state index contributed by atoms with van der Waals surface area (Å²) in [5.41, 5.74) is 2.78. The van der Waals surface area contributed by atoms with Crippen LogP contribution in [0.4, 0.5) is 11.4 Å². The number of hydrogen-bond donors (Lipinski definition) is 1. The highest BCUT2D eigenvalue weighted by Gasteiger charge is 2.34. The van der Waals surface area contributed by atoms with Gasteiger partial charge >= 0.3 is 0 Å². The summed E-state index contributed by atoms with van der Waals surface area (Å²) < 4.78 is 0. The van der Waals surface area contributed by atoms with Crippen LogP contribution in [0.15, 0.2) is 24.3 Å². The summed E-state index contributed by atoms with van der Waals surface area (Å²) in [5, 5.41) is 3.89. The topological polar surface area (TPSA) is 18.5 Å². The Morgan fingerprint density at radius 1 is 0.905 bits per heavy atom. The average Bonchev–Trinajstić information content (AvgIpc) is 2.57. The second-order valence-electron chi connectivity index (χ2n) is 6.95. The summed E-state index contributed by atoms with van der Waals surface area (Å²) in [5.74, 6) is 0.879. The fraction of sp³-hybridized carbons (Fsp3) is 0.667. The van der Waals surface area contributed by atoms with Gasteiger partial charge in [-0.2, -0.15) is 0 Å². The minimum atomic E-state index is 0.651. The lowest BCUT2D eigenvalue weighted by atomic mass is 9.84. The molecule has 2 bridgehead atoms. The van der Waals surface area contributed by atoms with Gasteiger partial charge in [0.15, 0.2) is 0 Å². The van der Waals surface area contributed by atoms with Crippen LogP contribution in [0.1, 0.15) is 32.1 Å². The van der Waals surface area contributed by atoms with Crippen molar-refractivity contribution in [3.05, 3.63) is 24.3 Å². The highest BCUT2D eigenvalue weighted by Crippen LogP contribution is 2.33. The first kappa shape index (κ1) is 13.4. The molecule has 1 N–H and O–H groups in total. The number of nitrogens with one attached hydrogen (secondary N) is 1. The lowest BCUT2D eigenvalue weighted by Gasteiger charge is -2.45. The van der Waals surface area contributed by atoms with Crippen molar-refractivity contribution in [1.29, 1.82) is 0 Å². The molecular weight excluding hydrogens is 258 g/mol. The lowest BCUT2D eigenvalue weighted by Crippen LogP contribution is -2.53. The number of hydrogen-bond acceptors (Lipinski definition) is 3. The predicted molar refractivity (Wildman–Crippen MR) is 89.1 cm³/mol. The first-order valence-corrected chi connectivity index (χ1v) is 8.73. The van der Waals surface area contributed by atoms with Crippen LogP contribution < -0.4 is 10.2 Å². The van der Waals surface area contributed by atoms with Gasteiger partial charge in [-0.05, 0) is 63.2 Å². The molecule has 0 aliphatic carbocycles. The Bertz CT molecular complexity index is 473. The zero-order chi connectivity index (χ0) is 14.1. The quantitative estimate of drug-likeness (QED) is 0.920. The molecule has 4 saturated heterocycles. The van der Waals surface area contributed by atoms with E-state index in [1.165, 1.54) is 76.2 Å². The Labute approximate surface area is 128 Å². The number of para-hydroxylation sites is 2. The molecule has 4 aliphatic heterocycles. The molecule has 0 amide bonds. The Morgan fingerprint density at radius 3 is 2.38 bits per heavy atom. The maximum absolute atomic E-state index is 3.89. The summed E-state index contributed by atoms with van der Waals surface area (Å²) in [4.78, 5) is 5.20. The number of anilines is 2. The standard InChI is InChI=1S/C18H27N3/c1-4-10-21(11-5-1)18-7-3-2-6-16(18)19-17-14-20-12-8-15(17)9-13-20/h2-3,6-7,15,17,19H,1,4-5,8-14H2. The highest BCUT2D eigenvalue weighted by molar-refractivity contribution is 5.70. The fourth-order valence-corrected chi connectivity index (χ4v) is 4.33. The van der Waals surface area contributed by atoms with E-state index in [2.05, 4.69) is 39.4 Å². The third kappa shape index (κ3) is 2.76. The minimum absolute atomic E-state index is 0.651. The minimum Gasteiger partial charge on any atom is -0.379 e. The van der Waals surface area contributed by atoms with E-state index in [1.54, 1.807) is 0 Å². The van der Waals surface area contributed by atoms with E-state index < -0.39 is 0 Å². The maximum atomic E-state index is 3.89. The van der Waals surface area contributed by atoms with Gasteiger partial charge < -0.3 is 15.1 Å². The van der Waals surface area contributed by atoms with Gasteiger partial charge in [-0.15, -0.1) is 0 Å². The Morgan fingerprint density at radius 2 is 1.67 bits per heavy atom. The van der Waals surface area contributed by atoms with Gasteiger partial charge in [0, 0.05) is 25.7 Å². The Hall–Kier alpha value is -1.22. The third-order valence-electron chi connectivity index (χ3n) is 5.60. The summed E-state index contributed by atoms with van der Waals surface area (Å²) in [6.07, 6.45) is 6.83. The van der Waals surface area contributed by atoms with Crippen LogP contribution in [0.3, 0.4) is 0 Å². The number of piperidine rings is 4. The molecule has 1 unspecified atom stereocenters. The van der Waals surface area contributed by atoms with E-state index in [1.807, 2.05) is 0 Å². The van der Waals surface area contributed by atoms with Crippen molar-refractivity contribution in [1.82, 2.24) is 4.90 Å². The van der Waals surface area contributed by atoms with E-state index >= 15 is 0 Å². The molecular formula is C18H27N3. The van der Waals surface area contributed by atoms with Gasteiger partial charge in [-0.1, -0.05) is 12.1 Å². The lowest BCUT2D eigenvalue weighted by molar-refractivity contribution is 0.0975. The van der Waals surface area contributed by atoms with Gasteiger partial charge in [0.05, 0.1) is 11.4 Å². The van der Waals surface area contributed by atoms with Crippen molar-refractivity contribution in [2.24, 2.45) is 5.92 Å². The monoisotopic (exact) mass is 285 g/mol. The molecule has 0 aromatic heterocycles. The molecule has 0 radical (unpaired) electrons. The number of nitrogens with zero attached hydrogens (tertiary/aromatic N) is 2. The average molecular weight is 285 g/mol. The Balaban J connectivity index is 1.52. The van der Waals surface area contributed by atoms with Crippen molar-refractivity contribution in [3.63, 3.8) is 0 Å². The van der Waals surface area contributed by atoms with Crippen molar-refractivity contribution in [2.45, 2.75) is 38.1 Å². The smallest absolute Gasteiger partial charge is 0.0602 e. The fourth-order valence-electron chi connectivity index (χ4n) is 4.33. The molecule has 1 aromatic carbocycles. The van der Waals surface area contributed by atoms with Gasteiger partial charge in [0.2, 0.25) is 0 Å². The van der Waals surface area contributed by atoms with Crippen molar-refractivity contribution in [2.75, 3.05) is 42.9 Å². The SMILES string of the molecule is c1ccc(N2CCCCC2)c(NC2CN3CCC2CC3)c1. The Kier molecular flexibility index (Phi) is 3.76. The number of benzene rings is 1. The maximum Gasteiger partial charge on any atom is 0.0602 e. The van der Waals surface area contributed by atoms with Crippen LogP contribution in [-0.4, -0.2) is 43.7 Å². The van der Waals surface area contributed by atoms with Crippen molar-refractivity contribution in [3.8, 4) is 0 Å². The second-order valence-corrected chi connectivity index (χ2v) is 6.95. The zero-order valence-electron chi connectivity index (χ0n) is 12.9. The molecule has 3 heteroatoms. The highest BCUT2D eigenvalue weighted by atomic mass is 15.2. The number of fused-ring (bicyclic) bond motifs is 3. The third-order valence-corrected chi connectivity index (χ3v) is 5.60. The molecule has 1 aromatic rings. The van der Waals surface area contributed by atoms with Gasteiger partial charge in [-0.25, -0.2) is 0 Å². The summed E-state index contributed by atoms with van der Waals surface area (Å²) >= 11 is 0. The molecule has 0 spiro atoms. The molecule has 114 valence electrons. The molecule has 0 saturated carbocycles.